The molecule has 0 spiro atoms. The van der Waals surface area contributed by atoms with Crippen molar-refractivity contribution in [1.82, 2.24) is 19.4 Å². The van der Waals surface area contributed by atoms with E-state index in [4.69, 9.17) is 5.73 Å². The molecule has 16 heavy (non-hydrogen) atoms. The van der Waals surface area contributed by atoms with Crippen LogP contribution in [0, 0.1) is 0 Å². The molecule has 92 valence electrons. The molecule has 0 aromatic carbocycles. The molecule has 0 unspecified atom stereocenters. The second-order valence-electron chi connectivity index (χ2n) is 3.72. The molecule has 0 radical (unpaired) electrons. The van der Waals surface area contributed by atoms with Gasteiger partial charge >= 0.3 is 0 Å². The van der Waals surface area contributed by atoms with Gasteiger partial charge in [0.2, 0.25) is 10.0 Å². The van der Waals surface area contributed by atoms with E-state index in [9.17, 15) is 8.42 Å². The number of likely N-dealkylation sites (N-methyl/N-ethyl adjacent to an activating group) is 1. The molecule has 0 saturated heterocycles. The van der Waals surface area contributed by atoms with E-state index in [0.717, 1.165) is 0 Å². The van der Waals surface area contributed by atoms with Gasteiger partial charge in [0.25, 0.3) is 0 Å². The molecular weight excluding hydrogens is 230 g/mol. The van der Waals surface area contributed by atoms with Crippen LogP contribution in [0.4, 0.5) is 5.82 Å². The van der Waals surface area contributed by atoms with E-state index >= 15 is 0 Å². The molecule has 1 rings (SSSR count). The van der Waals surface area contributed by atoms with Gasteiger partial charge in [0.1, 0.15) is 10.7 Å². The van der Waals surface area contributed by atoms with Crippen LogP contribution in [0.1, 0.15) is 0 Å². The number of hydrogen-bond acceptors (Lipinski definition) is 5. The number of anilines is 1. The minimum atomic E-state index is -3.55. The Balaban J connectivity index is 2.75. The van der Waals surface area contributed by atoms with E-state index in [-0.39, 0.29) is 10.7 Å². The van der Waals surface area contributed by atoms with Gasteiger partial charge in [0, 0.05) is 20.1 Å². The Labute approximate surface area is 95.3 Å². The maximum atomic E-state index is 11.8. The number of nitrogens with one attached hydrogen (secondary N) is 1. The van der Waals surface area contributed by atoms with Gasteiger partial charge in [-0.1, -0.05) is 0 Å². The quantitative estimate of drug-likeness (QED) is 0.685. The molecule has 7 nitrogen and oxygen atoms in total. The first-order valence-corrected chi connectivity index (χ1v) is 6.25. The Morgan fingerprint density at radius 3 is 2.62 bits per heavy atom. The van der Waals surface area contributed by atoms with Crippen LogP contribution in [0.25, 0.3) is 0 Å². The van der Waals surface area contributed by atoms with Gasteiger partial charge in [0.15, 0.2) is 0 Å². The minimum absolute atomic E-state index is 0.0220. The normalized spacial score (nSPS) is 12.2. The Morgan fingerprint density at radius 2 is 2.19 bits per heavy atom. The molecule has 0 amide bonds. The second-order valence-corrected chi connectivity index (χ2v) is 5.45. The zero-order valence-corrected chi connectivity index (χ0v) is 10.5. The van der Waals surface area contributed by atoms with Crippen molar-refractivity contribution >= 4 is 15.8 Å². The average Bonchev–Trinajstić information content (AvgIpc) is 2.47. The van der Waals surface area contributed by atoms with E-state index in [1.54, 1.807) is 7.05 Å². The number of aromatic nitrogens is 2. The molecule has 0 atom stereocenters. The maximum Gasteiger partial charge on any atom is 0.245 e. The molecule has 0 fully saturated rings. The summed E-state index contributed by atoms with van der Waals surface area (Å²) in [5.41, 5.74) is 5.59. The standard InChI is InChI=1S/C8H17N5O2S/c1-12(2)5-4-11-16(14,15)7-6-10-13(3)8(7)9/h6,11H,4-5,9H2,1-3H3. The Hall–Kier alpha value is -1.12. The van der Waals surface area contributed by atoms with Gasteiger partial charge in [-0.25, -0.2) is 13.1 Å². The van der Waals surface area contributed by atoms with Crippen LogP contribution in [0.2, 0.25) is 0 Å². The molecule has 0 aliphatic carbocycles. The average molecular weight is 247 g/mol. The molecule has 8 heteroatoms. The Bertz CT molecular complexity index is 451. The van der Waals surface area contributed by atoms with Gasteiger partial charge in [-0.3, -0.25) is 4.68 Å². The summed E-state index contributed by atoms with van der Waals surface area (Å²) in [5, 5.41) is 3.79. The molecule has 1 heterocycles. The molecule has 0 bridgehead atoms. The van der Waals surface area contributed by atoms with Crippen LogP contribution in [0.3, 0.4) is 0 Å². The van der Waals surface area contributed by atoms with Crippen molar-refractivity contribution in [2.24, 2.45) is 7.05 Å². The fourth-order valence-corrected chi connectivity index (χ4v) is 2.22. The summed E-state index contributed by atoms with van der Waals surface area (Å²) >= 11 is 0. The smallest absolute Gasteiger partial charge is 0.245 e. The highest BCUT2D eigenvalue weighted by Crippen LogP contribution is 2.15. The van der Waals surface area contributed by atoms with Crippen LogP contribution < -0.4 is 10.5 Å². The Kier molecular flexibility index (Phi) is 3.89. The van der Waals surface area contributed by atoms with Crippen LogP contribution in [-0.4, -0.2) is 50.3 Å². The zero-order valence-electron chi connectivity index (χ0n) is 9.64. The minimum Gasteiger partial charge on any atom is -0.383 e. The first-order chi connectivity index (χ1) is 7.34. The highest BCUT2D eigenvalue weighted by molar-refractivity contribution is 7.89. The number of aryl methyl sites for hydroxylation is 1. The predicted molar refractivity (Wildman–Crippen MR) is 61.4 cm³/mol. The Morgan fingerprint density at radius 1 is 1.56 bits per heavy atom. The zero-order chi connectivity index (χ0) is 12.3. The fourth-order valence-electron chi connectivity index (χ4n) is 1.12. The van der Waals surface area contributed by atoms with Gasteiger partial charge in [-0.05, 0) is 14.1 Å². The topological polar surface area (TPSA) is 93.2 Å². The fraction of sp³-hybridized carbons (Fsp3) is 0.625. The SMILES string of the molecule is CN(C)CCNS(=O)(=O)c1cnn(C)c1N. The lowest BCUT2D eigenvalue weighted by Gasteiger charge is -2.10. The molecule has 3 N–H and O–H groups in total. The highest BCUT2D eigenvalue weighted by atomic mass is 32.2. The summed E-state index contributed by atoms with van der Waals surface area (Å²) in [4.78, 5) is 1.91. The molecule has 0 aliphatic rings. The predicted octanol–water partition coefficient (Wildman–Crippen LogP) is -1.16. The lowest BCUT2D eigenvalue weighted by molar-refractivity contribution is 0.412. The number of nitrogens with two attached hydrogens (primary N) is 1. The third kappa shape index (κ3) is 2.94. The van der Waals surface area contributed by atoms with Crippen LogP contribution in [0.5, 0.6) is 0 Å². The van der Waals surface area contributed by atoms with Crippen molar-refractivity contribution in [2.45, 2.75) is 4.90 Å². The summed E-state index contributed by atoms with van der Waals surface area (Å²) in [5.74, 6) is 0.136. The number of nitrogen functional groups attached to an aromatic ring is 1. The van der Waals surface area contributed by atoms with E-state index in [1.807, 2.05) is 19.0 Å². The van der Waals surface area contributed by atoms with Crippen molar-refractivity contribution in [1.29, 1.82) is 0 Å². The van der Waals surface area contributed by atoms with Crippen molar-refractivity contribution in [3.05, 3.63) is 6.20 Å². The van der Waals surface area contributed by atoms with E-state index in [0.29, 0.717) is 13.1 Å². The van der Waals surface area contributed by atoms with E-state index in [2.05, 4.69) is 9.82 Å². The van der Waals surface area contributed by atoms with Crippen LogP contribution >= 0.6 is 0 Å². The second kappa shape index (κ2) is 4.81. The largest absolute Gasteiger partial charge is 0.383 e. The summed E-state index contributed by atoms with van der Waals surface area (Å²) in [6, 6.07) is 0. The maximum absolute atomic E-state index is 11.8. The highest BCUT2D eigenvalue weighted by Gasteiger charge is 2.19. The van der Waals surface area contributed by atoms with Crippen LogP contribution in [-0.2, 0) is 17.1 Å². The summed E-state index contributed by atoms with van der Waals surface area (Å²) in [7, 11) is 1.78. The molecule has 0 saturated carbocycles. The molecule has 1 aromatic heterocycles. The first-order valence-electron chi connectivity index (χ1n) is 4.76. The van der Waals surface area contributed by atoms with Gasteiger partial charge < -0.3 is 10.6 Å². The monoisotopic (exact) mass is 247 g/mol. The van der Waals surface area contributed by atoms with Gasteiger partial charge in [0.05, 0.1) is 6.20 Å². The van der Waals surface area contributed by atoms with Gasteiger partial charge in [-0.15, -0.1) is 0 Å². The lowest BCUT2D eigenvalue weighted by Crippen LogP contribution is -2.31. The van der Waals surface area contributed by atoms with Crippen molar-refractivity contribution < 1.29 is 8.42 Å². The van der Waals surface area contributed by atoms with E-state index in [1.165, 1.54) is 10.9 Å². The molecule has 0 aliphatic heterocycles. The van der Waals surface area contributed by atoms with E-state index < -0.39 is 10.0 Å². The number of rotatable bonds is 5. The summed E-state index contributed by atoms with van der Waals surface area (Å²) in [6.45, 7) is 0.961. The number of nitrogens with zero attached hydrogens (tertiary/aromatic N) is 3. The summed E-state index contributed by atoms with van der Waals surface area (Å²) in [6.07, 6.45) is 1.24. The lowest BCUT2D eigenvalue weighted by atomic mass is 10.6. The van der Waals surface area contributed by atoms with Gasteiger partial charge in [-0.2, -0.15) is 5.10 Å². The number of sulfonamides is 1. The van der Waals surface area contributed by atoms with Crippen molar-refractivity contribution in [3.63, 3.8) is 0 Å². The molecular formula is C8H17N5O2S. The number of hydrogen-bond donors (Lipinski definition) is 2. The third-order valence-electron chi connectivity index (χ3n) is 2.09. The third-order valence-corrected chi connectivity index (χ3v) is 3.57. The van der Waals surface area contributed by atoms with Crippen molar-refractivity contribution in [3.8, 4) is 0 Å². The van der Waals surface area contributed by atoms with Crippen molar-refractivity contribution in [2.75, 3.05) is 32.9 Å². The molecule has 1 aromatic rings. The van der Waals surface area contributed by atoms with Crippen LogP contribution in [0.15, 0.2) is 11.1 Å². The first kappa shape index (κ1) is 12.9. The summed E-state index contributed by atoms with van der Waals surface area (Å²) < 4.78 is 27.3.